The van der Waals surface area contributed by atoms with E-state index in [1.807, 2.05) is 0 Å². The third kappa shape index (κ3) is 6.66. The molecular formula is C26H29F7O. The molecule has 0 amide bonds. The summed E-state index contributed by atoms with van der Waals surface area (Å²) in [5.41, 5.74) is -1.42. The smallest absolute Gasteiger partial charge is 0.429 e. The third-order valence-electron chi connectivity index (χ3n) is 6.62. The van der Waals surface area contributed by atoms with Crippen LogP contribution in [0.5, 0.6) is 5.75 Å². The summed E-state index contributed by atoms with van der Waals surface area (Å²) in [6.07, 6.45) is 5.81. The number of halogens is 7. The second kappa shape index (κ2) is 11.5. The van der Waals surface area contributed by atoms with Gasteiger partial charge in [0.05, 0.1) is 0 Å². The summed E-state index contributed by atoms with van der Waals surface area (Å²) in [6, 6.07) is 2.01. The van der Waals surface area contributed by atoms with E-state index >= 15 is 0 Å². The molecule has 3 rings (SSSR count). The highest BCUT2D eigenvalue weighted by atomic mass is 19.3. The SMILES string of the molecule is CCCCC[C@H]1CC[C@H](CCc2cc(F)c(C(F)(F)Oc3cc(F)c(F)c(F)c3)c(F)c2)CC1. The van der Waals surface area contributed by atoms with Gasteiger partial charge in [-0.3, -0.25) is 0 Å². The van der Waals surface area contributed by atoms with Crippen molar-refractivity contribution in [3.8, 4) is 5.75 Å². The first-order chi connectivity index (χ1) is 16.1. The molecule has 2 aromatic carbocycles. The number of aryl methyl sites for hydroxylation is 1. The number of hydrogen-bond donors (Lipinski definition) is 0. The van der Waals surface area contributed by atoms with Crippen molar-refractivity contribution in [2.24, 2.45) is 11.8 Å². The Kier molecular flexibility index (Phi) is 8.88. The summed E-state index contributed by atoms with van der Waals surface area (Å²) in [6.45, 7) is 2.18. The second-order valence-electron chi connectivity index (χ2n) is 9.18. The molecule has 0 N–H and O–H groups in total. The first-order valence-electron chi connectivity index (χ1n) is 11.8. The van der Waals surface area contributed by atoms with E-state index < -0.39 is 46.5 Å². The maximum atomic E-state index is 14.5. The molecule has 8 heteroatoms. The molecule has 1 fully saturated rings. The molecule has 188 valence electrons. The monoisotopic (exact) mass is 490 g/mol. The fourth-order valence-corrected chi connectivity index (χ4v) is 4.70. The number of benzene rings is 2. The van der Waals surface area contributed by atoms with Crippen molar-refractivity contribution in [1.29, 1.82) is 0 Å². The van der Waals surface area contributed by atoms with Gasteiger partial charge in [0.1, 0.15) is 22.9 Å². The average Bonchev–Trinajstić information content (AvgIpc) is 2.76. The van der Waals surface area contributed by atoms with E-state index in [0.29, 0.717) is 18.8 Å². The lowest BCUT2D eigenvalue weighted by Crippen LogP contribution is -2.25. The lowest BCUT2D eigenvalue weighted by Gasteiger charge is -2.28. The Hall–Kier alpha value is -2.25. The highest BCUT2D eigenvalue weighted by Gasteiger charge is 2.41. The van der Waals surface area contributed by atoms with E-state index in [1.165, 1.54) is 25.7 Å². The van der Waals surface area contributed by atoms with Crippen LogP contribution in [0.15, 0.2) is 24.3 Å². The van der Waals surface area contributed by atoms with Crippen molar-refractivity contribution in [2.45, 2.75) is 77.2 Å². The van der Waals surface area contributed by atoms with Crippen LogP contribution in [-0.4, -0.2) is 0 Å². The van der Waals surface area contributed by atoms with Crippen LogP contribution < -0.4 is 4.74 Å². The van der Waals surface area contributed by atoms with Crippen LogP contribution in [0.1, 0.15) is 75.8 Å². The van der Waals surface area contributed by atoms with E-state index in [9.17, 15) is 30.7 Å². The largest absolute Gasteiger partial charge is 0.432 e. The van der Waals surface area contributed by atoms with Gasteiger partial charge in [0, 0.05) is 12.1 Å². The van der Waals surface area contributed by atoms with Crippen molar-refractivity contribution >= 4 is 0 Å². The van der Waals surface area contributed by atoms with Crippen LogP contribution in [0, 0.1) is 40.9 Å². The van der Waals surface area contributed by atoms with Gasteiger partial charge in [0.25, 0.3) is 0 Å². The van der Waals surface area contributed by atoms with Crippen LogP contribution in [0.3, 0.4) is 0 Å². The van der Waals surface area contributed by atoms with Crippen molar-refractivity contribution in [1.82, 2.24) is 0 Å². The van der Waals surface area contributed by atoms with Gasteiger partial charge in [-0.1, -0.05) is 58.3 Å². The normalized spacial score (nSPS) is 18.8. The highest BCUT2D eigenvalue weighted by Crippen LogP contribution is 2.37. The van der Waals surface area contributed by atoms with Gasteiger partial charge in [-0.25, -0.2) is 22.0 Å². The molecule has 1 aliphatic carbocycles. The molecule has 0 unspecified atom stereocenters. The van der Waals surface area contributed by atoms with Gasteiger partial charge in [-0.15, -0.1) is 0 Å². The quantitative estimate of drug-likeness (QED) is 0.184. The van der Waals surface area contributed by atoms with Crippen molar-refractivity contribution in [2.75, 3.05) is 0 Å². The van der Waals surface area contributed by atoms with Gasteiger partial charge in [0.2, 0.25) is 0 Å². The van der Waals surface area contributed by atoms with Crippen molar-refractivity contribution < 1.29 is 35.5 Å². The molecular weight excluding hydrogens is 461 g/mol. The Morgan fingerprint density at radius 2 is 1.29 bits per heavy atom. The molecule has 0 bridgehead atoms. The lowest BCUT2D eigenvalue weighted by atomic mass is 9.78. The minimum absolute atomic E-state index is 0.176. The number of hydrogen-bond acceptors (Lipinski definition) is 1. The van der Waals surface area contributed by atoms with Gasteiger partial charge >= 0.3 is 6.11 Å². The summed E-state index contributed by atoms with van der Waals surface area (Å²) in [4.78, 5) is 0. The molecule has 1 nitrogen and oxygen atoms in total. The van der Waals surface area contributed by atoms with Crippen molar-refractivity contribution in [3.05, 3.63) is 64.5 Å². The number of unbranched alkanes of at least 4 members (excludes halogenated alkanes) is 2. The summed E-state index contributed by atoms with van der Waals surface area (Å²) in [7, 11) is 0. The van der Waals surface area contributed by atoms with Gasteiger partial charge in [-0.05, 0) is 42.4 Å². The molecule has 0 radical (unpaired) electrons. The van der Waals surface area contributed by atoms with Crippen LogP contribution in [-0.2, 0) is 12.5 Å². The summed E-state index contributed by atoms with van der Waals surface area (Å²) >= 11 is 0. The lowest BCUT2D eigenvalue weighted by molar-refractivity contribution is -0.189. The Morgan fingerprint density at radius 1 is 0.765 bits per heavy atom. The fourth-order valence-electron chi connectivity index (χ4n) is 4.70. The van der Waals surface area contributed by atoms with Gasteiger partial charge in [-0.2, -0.15) is 8.78 Å². The second-order valence-corrected chi connectivity index (χ2v) is 9.18. The van der Waals surface area contributed by atoms with Crippen molar-refractivity contribution in [3.63, 3.8) is 0 Å². The third-order valence-corrected chi connectivity index (χ3v) is 6.62. The van der Waals surface area contributed by atoms with E-state index in [-0.39, 0.29) is 17.7 Å². The maximum absolute atomic E-state index is 14.5. The Labute approximate surface area is 195 Å². The zero-order chi connectivity index (χ0) is 24.9. The average molecular weight is 491 g/mol. The molecule has 0 aliphatic heterocycles. The molecule has 34 heavy (non-hydrogen) atoms. The predicted octanol–water partition coefficient (Wildman–Crippen LogP) is 8.83. The molecule has 2 aromatic rings. The van der Waals surface area contributed by atoms with Crippen LogP contribution in [0.25, 0.3) is 0 Å². The molecule has 0 heterocycles. The first-order valence-corrected chi connectivity index (χ1v) is 11.8. The van der Waals surface area contributed by atoms with Crippen LogP contribution >= 0.6 is 0 Å². The highest BCUT2D eigenvalue weighted by molar-refractivity contribution is 5.31. The first kappa shape index (κ1) is 26.4. The van der Waals surface area contributed by atoms with Crippen LogP contribution in [0.4, 0.5) is 30.7 Å². The minimum atomic E-state index is -4.57. The predicted molar refractivity (Wildman–Crippen MR) is 115 cm³/mol. The Bertz CT molecular complexity index is 922. The Morgan fingerprint density at radius 3 is 1.82 bits per heavy atom. The van der Waals surface area contributed by atoms with E-state index in [2.05, 4.69) is 11.7 Å². The summed E-state index contributed by atoms with van der Waals surface area (Å²) in [5.74, 6) is -8.39. The molecule has 0 atom stereocenters. The fraction of sp³-hybridized carbons (Fsp3) is 0.538. The number of alkyl halides is 2. The molecule has 0 aromatic heterocycles. The maximum Gasteiger partial charge on any atom is 0.432 e. The zero-order valence-corrected chi connectivity index (χ0v) is 19.1. The van der Waals surface area contributed by atoms with Gasteiger partial charge < -0.3 is 4.74 Å². The zero-order valence-electron chi connectivity index (χ0n) is 19.1. The molecule has 0 saturated heterocycles. The molecule has 1 aliphatic rings. The summed E-state index contributed by atoms with van der Waals surface area (Å²) < 4.78 is 102. The van der Waals surface area contributed by atoms with E-state index in [0.717, 1.165) is 43.7 Å². The number of rotatable bonds is 10. The topological polar surface area (TPSA) is 9.23 Å². The Balaban J connectivity index is 1.61. The number of ether oxygens (including phenoxy) is 1. The molecule has 0 spiro atoms. The van der Waals surface area contributed by atoms with Gasteiger partial charge in [0.15, 0.2) is 17.5 Å². The van der Waals surface area contributed by atoms with E-state index in [1.54, 1.807) is 0 Å². The minimum Gasteiger partial charge on any atom is -0.429 e. The van der Waals surface area contributed by atoms with Crippen LogP contribution in [0.2, 0.25) is 0 Å². The standard InChI is InChI=1S/C26H29F7O/c1-2-3-4-5-16-6-8-17(9-7-16)10-11-18-12-20(27)24(21(28)13-18)26(32,33)34-19-14-22(29)25(31)23(30)15-19/h12-17H,2-11H2,1H3/t16-,17-. The van der Waals surface area contributed by atoms with E-state index in [4.69, 9.17) is 0 Å². The molecule has 1 saturated carbocycles. The summed E-state index contributed by atoms with van der Waals surface area (Å²) in [5, 5.41) is 0.